The van der Waals surface area contributed by atoms with Gasteiger partial charge in [-0.15, -0.1) is 0 Å². The van der Waals surface area contributed by atoms with Crippen LogP contribution < -0.4 is 4.74 Å². The molecule has 1 aliphatic rings. The van der Waals surface area contributed by atoms with Gasteiger partial charge >= 0.3 is 0 Å². The van der Waals surface area contributed by atoms with Crippen LogP contribution in [-0.4, -0.2) is 30.6 Å². The highest BCUT2D eigenvalue weighted by atomic mass is 16.5. The highest BCUT2D eigenvalue weighted by molar-refractivity contribution is 5.40. The second-order valence-corrected chi connectivity index (χ2v) is 6.05. The van der Waals surface area contributed by atoms with Gasteiger partial charge in [0.25, 0.3) is 0 Å². The Labute approximate surface area is 129 Å². The van der Waals surface area contributed by atoms with Crippen molar-refractivity contribution in [2.45, 2.75) is 51.5 Å². The molecule has 1 heterocycles. The van der Waals surface area contributed by atoms with Gasteiger partial charge in [-0.2, -0.15) is 0 Å². The van der Waals surface area contributed by atoms with E-state index < -0.39 is 0 Å². The second kappa shape index (κ2) is 7.52. The molecule has 2 nitrogen and oxygen atoms in total. The Hall–Kier alpha value is -1.46. The molecule has 0 spiro atoms. The summed E-state index contributed by atoms with van der Waals surface area (Å²) in [6, 6.07) is 8.03. The van der Waals surface area contributed by atoms with Crippen molar-refractivity contribution in [1.82, 2.24) is 4.90 Å². The van der Waals surface area contributed by atoms with Crippen LogP contribution in [0, 0.1) is 11.8 Å². The van der Waals surface area contributed by atoms with E-state index in [4.69, 9.17) is 4.74 Å². The average Bonchev–Trinajstić information content (AvgIpc) is 3.06. The third-order valence-corrected chi connectivity index (χ3v) is 4.39. The molecule has 0 saturated carbocycles. The third-order valence-electron chi connectivity index (χ3n) is 4.39. The molecule has 1 fully saturated rings. The van der Waals surface area contributed by atoms with Gasteiger partial charge < -0.3 is 4.74 Å². The summed E-state index contributed by atoms with van der Waals surface area (Å²) in [7, 11) is 1.69. The van der Waals surface area contributed by atoms with Crippen LogP contribution in [0.1, 0.15) is 51.5 Å². The lowest BCUT2D eigenvalue weighted by Crippen LogP contribution is -2.43. The molecule has 2 heteroatoms. The van der Waals surface area contributed by atoms with Crippen molar-refractivity contribution in [2.75, 3.05) is 20.2 Å². The molecule has 1 aromatic carbocycles. The highest BCUT2D eigenvalue weighted by Crippen LogP contribution is 2.26. The minimum atomic E-state index is 0.0203. The standard InChI is InChI=1S/C19H27NO/c1-4-5-13-19(2,20-15-6-7-16-20)14-12-17-8-10-18(21-3)11-9-17/h8-11H,4-7,13,15-16H2,1-3H3. The van der Waals surface area contributed by atoms with E-state index in [9.17, 15) is 0 Å². The van der Waals surface area contributed by atoms with Crippen molar-refractivity contribution in [3.63, 3.8) is 0 Å². The van der Waals surface area contributed by atoms with E-state index in [1.165, 1.54) is 38.8 Å². The van der Waals surface area contributed by atoms with Gasteiger partial charge in [0.1, 0.15) is 5.75 Å². The molecule has 114 valence electrons. The zero-order valence-corrected chi connectivity index (χ0v) is 13.6. The van der Waals surface area contributed by atoms with Gasteiger partial charge in [-0.1, -0.05) is 31.6 Å². The number of rotatable bonds is 5. The van der Waals surface area contributed by atoms with Crippen molar-refractivity contribution >= 4 is 0 Å². The Balaban J connectivity index is 2.15. The quantitative estimate of drug-likeness (QED) is 0.755. The van der Waals surface area contributed by atoms with E-state index in [0.29, 0.717) is 0 Å². The van der Waals surface area contributed by atoms with E-state index in [1.54, 1.807) is 7.11 Å². The van der Waals surface area contributed by atoms with Crippen LogP contribution in [0.15, 0.2) is 24.3 Å². The fraction of sp³-hybridized carbons (Fsp3) is 0.579. The van der Waals surface area contributed by atoms with Gasteiger partial charge in [0, 0.05) is 5.56 Å². The average molecular weight is 285 g/mol. The maximum atomic E-state index is 5.19. The molecule has 2 rings (SSSR count). The predicted molar refractivity (Wildman–Crippen MR) is 88.6 cm³/mol. The van der Waals surface area contributed by atoms with Gasteiger partial charge in [-0.05, 0) is 63.5 Å². The maximum Gasteiger partial charge on any atom is 0.118 e. The van der Waals surface area contributed by atoms with E-state index in [2.05, 4.69) is 30.6 Å². The maximum absolute atomic E-state index is 5.19. The summed E-state index contributed by atoms with van der Waals surface area (Å²) < 4.78 is 5.19. The molecule has 0 amide bonds. The van der Waals surface area contributed by atoms with Crippen LogP contribution >= 0.6 is 0 Å². The van der Waals surface area contributed by atoms with Crippen LogP contribution in [0.3, 0.4) is 0 Å². The lowest BCUT2D eigenvalue weighted by molar-refractivity contribution is 0.180. The fourth-order valence-corrected chi connectivity index (χ4v) is 2.91. The first-order valence-corrected chi connectivity index (χ1v) is 8.10. The van der Waals surface area contributed by atoms with Crippen molar-refractivity contribution in [3.05, 3.63) is 29.8 Å². The van der Waals surface area contributed by atoms with Crippen LogP contribution in [0.25, 0.3) is 0 Å². The fourth-order valence-electron chi connectivity index (χ4n) is 2.91. The molecule has 0 radical (unpaired) electrons. The Bertz CT molecular complexity index is 491. The first-order chi connectivity index (χ1) is 10.2. The number of unbranched alkanes of at least 4 members (excludes halogenated alkanes) is 1. The molecular formula is C19H27NO. The molecule has 0 aromatic heterocycles. The van der Waals surface area contributed by atoms with Crippen LogP contribution in [0.4, 0.5) is 0 Å². The summed E-state index contributed by atoms with van der Waals surface area (Å²) in [5.74, 6) is 7.82. The monoisotopic (exact) mass is 285 g/mol. The van der Waals surface area contributed by atoms with Gasteiger partial charge in [-0.25, -0.2) is 0 Å². The number of methoxy groups -OCH3 is 1. The van der Waals surface area contributed by atoms with Gasteiger partial charge in [-0.3, -0.25) is 4.90 Å². The number of likely N-dealkylation sites (tertiary alicyclic amines) is 1. The van der Waals surface area contributed by atoms with Gasteiger partial charge in [0.2, 0.25) is 0 Å². The van der Waals surface area contributed by atoms with Gasteiger partial charge in [0.15, 0.2) is 0 Å². The number of benzene rings is 1. The third kappa shape index (κ3) is 4.25. The number of nitrogens with zero attached hydrogens (tertiary/aromatic N) is 1. The van der Waals surface area contributed by atoms with E-state index in [-0.39, 0.29) is 5.54 Å². The molecule has 1 aliphatic heterocycles. The van der Waals surface area contributed by atoms with Crippen molar-refractivity contribution < 1.29 is 4.74 Å². The molecular weight excluding hydrogens is 258 g/mol. The Morgan fingerprint density at radius 1 is 1.19 bits per heavy atom. The molecule has 1 aromatic rings. The zero-order valence-electron chi connectivity index (χ0n) is 13.6. The first kappa shape index (κ1) is 15.9. The summed E-state index contributed by atoms with van der Waals surface area (Å²) in [4.78, 5) is 2.57. The predicted octanol–water partition coefficient (Wildman–Crippen LogP) is 4.09. The lowest BCUT2D eigenvalue weighted by Gasteiger charge is -2.34. The minimum Gasteiger partial charge on any atom is -0.497 e. The molecule has 1 unspecified atom stereocenters. The Morgan fingerprint density at radius 3 is 2.43 bits per heavy atom. The molecule has 1 saturated heterocycles. The Kier molecular flexibility index (Phi) is 5.70. The lowest BCUT2D eigenvalue weighted by atomic mass is 9.93. The Morgan fingerprint density at radius 2 is 1.86 bits per heavy atom. The van der Waals surface area contributed by atoms with Gasteiger partial charge in [0.05, 0.1) is 12.6 Å². The highest BCUT2D eigenvalue weighted by Gasteiger charge is 2.31. The molecule has 0 aliphatic carbocycles. The molecule has 0 bridgehead atoms. The van der Waals surface area contributed by atoms with Crippen molar-refractivity contribution in [2.24, 2.45) is 0 Å². The van der Waals surface area contributed by atoms with E-state index >= 15 is 0 Å². The molecule has 21 heavy (non-hydrogen) atoms. The molecule has 1 atom stereocenters. The largest absolute Gasteiger partial charge is 0.497 e. The summed E-state index contributed by atoms with van der Waals surface area (Å²) in [6.07, 6.45) is 6.25. The minimum absolute atomic E-state index is 0.0203. The van der Waals surface area contributed by atoms with Crippen molar-refractivity contribution in [1.29, 1.82) is 0 Å². The second-order valence-electron chi connectivity index (χ2n) is 6.05. The van der Waals surface area contributed by atoms with Crippen LogP contribution in [-0.2, 0) is 0 Å². The first-order valence-electron chi connectivity index (χ1n) is 8.10. The summed E-state index contributed by atoms with van der Waals surface area (Å²) in [5.41, 5.74) is 1.09. The number of hydrogen-bond acceptors (Lipinski definition) is 2. The van der Waals surface area contributed by atoms with E-state index in [1.807, 2.05) is 24.3 Å². The van der Waals surface area contributed by atoms with Crippen LogP contribution in [0.5, 0.6) is 5.75 Å². The van der Waals surface area contributed by atoms with E-state index in [0.717, 1.165) is 17.7 Å². The van der Waals surface area contributed by atoms with Crippen LogP contribution in [0.2, 0.25) is 0 Å². The smallest absolute Gasteiger partial charge is 0.118 e. The number of hydrogen-bond donors (Lipinski definition) is 0. The number of ether oxygens (including phenoxy) is 1. The van der Waals surface area contributed by atoms with Crippen molar-refractivity contribution in [3.8, 4) is 17.6 Å². The molecule has 0 N–H and O–H groups in total. The zero-order chi connectivity index (χ0) is 15.1. The normalized spacial score (nSPS) is 17.9. The topological polar surface area (TPSA) is 12.5 Å². The summed E-state index contributed by atoms with van der Waals surface area (Å²) in [6.45, 7) is 6.95. The summed E-state index contributed by atoms with van der Waals surface area (Å²) in [5, 5.41) is 0. The summed E-state index contributed by atoms with van der Waals surface area (Å²) >= 11 is 0. The SMILES string of the molecule is CCCCC(C)(C#Cc1ccc(OC)cc1)N1CCCC1.